The van der Waals surface area contributed by atoms with Crippen LogP contribution < -0.4 is 4.90 Å². The van der Waals surface area contributed by atoms with Gasteiger partial charge >= 0.3 is 0 Å². The highest BCUT2D eigenvalue weighted by atomic mass is 32.2. The van der Waals surface area contributed by atoms with E-state index in [0.717, 1.165) is 25.2 Å². The Labute approximate surface area is 134 Å². The van der Waals surface area contributed by atoms with E-state index in [4.69, 9.17) is 4.74 Å². The van der Waals surface area contributed by atoms with Crippen molar-refractivity contribution < 1.29 is 17.5 Å². The number of fused-ring (bicyclic) bond motifs is 1. The van der Waals surface area contributed by atoms with Crippen molar-refractivity contribution in [2.45, 2.75) is 24.2 Å². The molecule has 7 nitrogen and oxygen atoms in total. The minimum Gasteiger partial charge on any atom is -0.375 e. The molecule has 1 aromatic rings. The molecular formula is C14H19FN4O3S. The number of sulfonamides is 1. The molecule has 0 bridgehead atoms. The largest absolute Gasteiger partial charge is 0.375 e. The molecule has 1 saturated carbocycles. The molecule has 9 heteroatoms. The summed E-state index contributed by atoms with van der Waals surface area (Å²) in [6.07, 6.45) is 3.78. The van der Waals surface area contributed by atoms with Gasteiger partial charge in [-0.15, -0.1) is 0 Å². The van der Waals surface area contributed by atoms with Crippen LogP contribution >= 0.6 is 0 Å². The average molecular weight is 342 g/mol. The molecule has 3 heterocycles. The molecule has 0 unspecified atom stereocenters. The van der Waals surface area contributed by atoms with E-state index < -0.39 is 15.8 Å². The van der Waals surface area contributed by atoms with Gasteiger partial charge in [0.25, 0.3) is 0 Å². The lowest BCUT2D eigenvalue weighted by atomic mass is 10.1. The van der Waals surface area contributed by atoms with Crippen LogP contribution in [0.3, 0.4) is 0 Å². The molecule has 2 saturated heterocycles. The van der Waals surface area contributed by atoms with Gasteiger partial charge in [-0.3, -0.25) is 0 Å². The van der Waals surface area contributed by atoms with E-state index >= 15 is 0 Å². The highest BCUT2D eigenvalue weighted by molar-refractivity contribution is 7.90. The monoisotopic (exact) mass is 342 g/mol. The van der Waals surface area contributed by atoms with Gasteiger partial charge in [0.2, 0.25) is 16.0 Å². The van der Waals surface area contributed by atoms with Crippen LogP contribution in [0, 0.1) is 11.7 Å². The highest BCUT2D eigenvalue weighted by Gasteiger charge is 2.44. The minimum absolute atomic E-state index is 0.0388. The number of hydrogen-bond donors (Lipinski definition) is 0. The maximum atomic E-state index is 12.9. The Morgan fingerprint density at radius 1 is 1.17 bits per heavy atom. The second-order valence-corrected chi connectivity index (χ2v) is 8.59. The molecule has 3 fully saturated rings. The van der Waals surface area contributed by atoms with Crippen LogP contribution in [0.1, 0.15) is 12.8 Å². The number of nitrogens with zero attached hydrogens (tertiary/aromatic N) is 4. The van der Waals surface area contributed by atoms with Crippen LogP contribution in [0.4, 0.5) is 10.3 Å². The molecule has 4 rings (SSSR count). The Kier molecular flexibility index (Phi) is 3.73. The maximum absolute atomic E-state index is 12.9. The second-order valence-electron chi connectivity index (χ2n) is 6.38. The minimum atomic E-state index is -3.18. The molecule has 23 heavy (non-hydrogen) atoms. The summed E-state index contributed by atoms with van der Waals surface area (Å²) in [5.41, 5.74) is 0. The lowest BCUT2D eigenvalue weighted by Gasteiger charge is -2.23. The van der Waals surface area contributed by atoms with Crippen molar-refractivity contribution in [2.75, 3.05) is 37.7 Å². The molecule has 2 aliphatic heterocycles. The van der Waals surface area contributed by atoms with Crippen molar-refractivity contribution in [2.24, 2.45) is 5.92 Å². The van der Waals surface area contributed by atoms with Gasteiger partial charge < -0.3 is 9.64 Å². The first-order chi connectivity index (χ1) is 11.0. The Morgan fingerprint density at radius 3 is 2.61 bits per heavy atom. The molecule has 3 aliphatic rings. The molecule has 0 radical (unpaired) electrons. The van der Waals surface area contributed by atoms with Crippen LogP contribution in [-0.4, -0.2) is 66.8 Å². The van der Waals surface area contributed by atoms with E-state index in [2.05, 4.69) is 9.97 Å². The summed E-state index contributed by atoms with van der Waals surface area (Å²) in [7, 11) is -3.18. The van der Waals surface area contributed by atoms with Gasteiger partial charge in [0.1, 0.15) is 0 Å². The topological polar surface area (TPSA) is 75.6 Å². The standard InChI is InChI=1S/C14H19FN4O3S/c15-11-5-16-14(17-6-11)18-7-10-8-19(3-4-22-13(10)9-18)23(20,21)12-1-2-12/h5-6,10,12-13H,1-4,7-9H2/t10-,13-/m0/s1. The molecule has 0 N–H and O–H groups in total. The van der Waals surface area contributed by atoms with Crippen LogP contribution in [0.25, 0.3) is 0 Å². The first-order valence-electron chi connectivity index (χ1n) is 7.87. The van der Waals surface area contributed by atoms with Crippen molar-refractivity contribution in [3.8, 4) is 0 Å². The molecule has 1 aromatic heterocycles. The van der Waals surface area contributed by atoms with Crippen molar-refractivity contribution in [3.05, 3.63) is 18.2 Å². The maximum Gasteiger partial charge on any atom is 0.225 e. The summed E-state index contributed by atoms with van der Waals surface area (Å²) < 4.78 is 45.3. The summed E-state index contributed by atoms with van der Waals surface area (Å²) in [4.78, 5) is 9.93. The fourth-order valence-corrected chi connectivity index (χ4v) is 5.19. The zero-order chi connectivity index (χ0) is 16.0. The van der Waals surface area contributed by atoms with Gasteiger partial charge in [0.05, 0.1) is 30.4 Å². The van der Waals surface area contributed by atoms with Gasteiger partial charge in [-0.05, 0) is 12.8 Å². The first-order valence-corrected chi connectivity index (χ1v) is 9.37. The van der Waals surface area contributed by atoms with E-state index in [0.29, 0.717) is 38.7 Å². The van der Waals surface area contributed by atoms with Crippen molar-refractivity contribution in [1.29, 1.82) is 0 Å². The van der Waals surface area contributed by atoms with Crippen molar-refractivity contribution in [1.82, 2.24) is 14.3 Å². The smallest absolute Gasteiger partial charge is 0.225 e. The van der Waals surface area contributed by atoms with E-state index in [-0.39, 0.29) is 17.3 Å². The lowest BCUT2D eigenvalue weighted by molar-refractivity contribution is 0.0583. The third-order valence-electron chi connectivity index (χ3n) is 4.69. The number of hydrogen-bond acceptors (Lipinski definition) is 6. The zero-order valence-electron chi connectivity index (χ0n) is 12.6. The molecule has 126 valence electrons. The van der Waals surface area contributed by atoms with Crippen LogP contribution in [0.15, 0.2) is 12.4 Å². The number of aromatic nitrogens is 2. The second kappa shape index (κ2) is 5.64. The average Bonchev–Trinajstić information content (AvgIpc) is 3.33. The number of ether oxygens (including phenoxy) is 1. The Morgan fingerprint density at radius 2 is 1.91 bits per heavy atom. The van der Waals surface area contributed by atoms with Crippen molar-refractivity contribution in [3.63, 3.8) is 0 Å². The summed E-state index contributed by atoms with van der Waals surface area (Å²) in [5, 5.41) is -0.197. The van der Waals surface area contributed by atoms with E-state index in [9.17, 15) is 12.8 Å². The quantitative estimate of drug-likeness (QED) is 0.784. The Balaban J connectivity index is 1.49. The zero-order valence-corrected chi connectivity index (χ0v) is 13.5. The molecule has 2 atom stereocenters. The Hall–Kier alpha value is -1.32. The fraction of sp³-hybridized carbons (Fsp3) is 0.714. The van der Waals surface area contributed by atoms with Crippen molar-refractivity contribution >= 4 is 16.0 Å². The molecule has 0 amide bonds. The van der Waals surface area contributed by atoms with Gasteiger partial charge in [0.15, 0.2) is 5.82 Å². The van der Waals surface area contributed by atoms with Crippen LogP contribution in [0.5, 0.6) is 0 Å². The summed E-state index contributed by atoms with van der Waals surface area (Å²) in [6.45, 7) is 2.53. The normalized spacial score (nSPS) is 29.3. The molecular weight excluding hydrogens is 323 g/mol. The molecule has 1 aliphatic carbocycles. The Bertz CT molecular complexity index is 680. The SMILES string of the molecule is O=S(=O)(C1CC1)N1CCO[C@H]2CN(c3ncc(F)cn3)C[C@H]2C1. The van der Waals surface area contributed by atoms with Crippen LogP contribution in [0.2, 0.25) is 0 Å². The third-order valence-corrected chi connectivity index (χ3v) is 7.05. The molecule has 0 aromatic carbocycles. The van der Waals surface area contributed by atoms with Gasteiger partial charge in [-0.25, -0.2) is 22.8 Å². The van der Waals surface area contributed by atoms with Crippen LogP contribution in [-0.2, 0) is 14.8 Å². The van der Waals surface area contributed by atoms with Gasteiger partial charge in [-0.1, -0.05) is 0 Å². The predicted molar refractivity (Wildman–Crippen MR) is 80.9 cm³/mol. The van der Waals surface area contributed by atoms with E-state index in [1.54, 1.807) is 4.31 Å². The van der Waals surface area contributed by atoms with Gasteiger partial charge in [0, 0.05) is 32.1 Å². The summed E-state index contributed by atoms with van der Waals surface area (Å²) >= 11 is 0. The predicted octanol–water partition coefficient (Wildman–Crippen LogP) is 0.245. The summed E-state index contributed by atoms with van der Waals surface area (Å²) in [6, 6.07) is 0. The third kappa shape index (κ3) is 2.92. The highest BCUT2D eigenvalue weighted by Crippen LogP contribution is 2.34. The van der Waals surface area contributed by atoms with E-state index in [1.165, 1.54) is 0 Å². The van der Waals surface area contributed by atoms with E-state index in [1.807, 2.05) is 4.90 Å². The lowest BCUT2D eigenvalue weighted by Crippen LogP contribution is -2.39. The van der Waals surface area contributed by atoms with Gasteiger partial charge in [-0.2, -0.15) is 4.31 Å². The number of rotatable bonds is 3. The first kappa shape index (κ1) is 15.2. The molecule has 0 spiro atoms. The number of anilines is 1. The number of halogens is 1. The summed E-state index contributed by atoms with van der Waals surface area (Å²) in [5.74, 6) is 0.0690. The fourth-order valence-electron chi connectivity index (χ4n) is 3.30.